The molecule has 1 rings (SSSR count). The van der Waals surface area contributed by atoms with Crippen LogP contribution in [-0.4, -0.2) is 4.98 Å². The Hall–Kier alpha value is -1.54. The summed E-state index contributed by atoms with van der Waals surface area (Å²) in [5, 5.41) is 8.61. The van der Waals surface area contributed by atoms with E-state index < -0.39 is 6.43 Å². The molecular formula is C9H9F2N3. The molecule has 0 aliphatic rings. The van der Waals surface area contributed by atoms with E-state index in [1.165, 1.54) is 0 Å². The Morgan fingerprint density at radius 3 is 2.71 bits per heavy atom. The molecule has 0 atom stereocenters. The van der Waals surface area contributed by atoms with Gasteiger partial charge in [0.15, 0.2) is 0 Å². The van der Waals surface area contributed by atoms with Crippen molar-refractivity contribution in [1.82, 2.24) is 4.98 Å². The molecule has 1 heterocycles. The van der Waals surface area contributed by atoms with Crippen LogP contribution in [0.5, 0.6) is 0 Å². The number of nitrogens with zero attached hydrogens (tertiary/aromatic N) is 2. The molecule has 0 fully saturated rings. The van der Waals surface area contributed by atoms with Gasteiger partial charge in [-0.1, -0.05) is 0 Å². The molecule has 0 radical (unpaired) electrons. The van der Waals surface area contributed by atoms with Gasteiger partial charge in [0.1, 0.15) is 6.07 Å². The Morgan fingerprint density at radius 1 is 1.64 bits per heavy atom. The molecule has 3 nitrogen and oxygen atoms in total. The fourth-order valence-corrected chi connectivity index (χ4v) is 1.26. The van der Waals surface area contributed by atoms with E-state index in [1.807, 2.05) is 0 Å². The quantitative estimate of drug-likeness (QED) is 0.784. The van der Waals surface area contributed by atoms with Gasteiger partial charge in [-0.2, -0.15) is 5.26 Å². The molecule has 0 unspecified atom stereocenters. The number of hydrogen-bond acceptors (Lipinski definition) is 3. The maximum absolute atomic E-state index is 12.6. The molecule has 74 valence electrons. The highest BCUT2D eigenvalue weighted by atomic mass is 19.3. The third kappa shape index (κ3) is 1.70. The summed E-state index contributed by atoms with van der Waals surface area (Å²) in [6.45, 7) is 1.56. The monoisotopic (exact) mass is 197 g/mol. The minimum atomic E-state index is -2.69. The number of halogens is 2. The predicted molar refractivity (Wildman–Crippen MR) is 46.5 cm³/mol. The van der Waals surface area contributed by atoms with E-state index in [2.05, 4.69) is 4.98 Å². The van der Waals surface area contributed by atoms with E-state index in [4.69, 9.17) is 11.0 Å². The van der Waals surface area contributed by atoms with Crippen LogP contribution in [0.4, 0.5) is 8.78 Å². The standard InChI is InChI=1S/C9H9F2N3/c1-5-7(3-13)8(9(10)11)6(2-12)4-14-5/h4,9H,3,13H2,1H3. The number of nitriles is 1. The summed E-state index contributed by atoms with van der Waals surface area (Å²) < 4.78 is 25.2. The second kappa shape index (κ2) is 4.11. The van der Waals surface area contributed by atoms with Gasteiger partial charge >= 0.3 is 0 Å². The van der Waals surface area contributed by atoms with Gasteiger partial charge in [-0.25, -0.2) is 8.78 Å². The molecule has 0 bridgehead atoms. The van der Waals surface area contributed by atoms with Crippen LogP contribution >= 0.6 is 0 Å². The first kappa shape index (κ1) is 10.5. The van der Waals surface area contributed by atoms with Crippen molar-refractivity contribution in [2.24, 2.45) is 5.73 Å². The van der Waals surface area contributed by atoms with E-state index in [0.717, 1.165) is 6.20 Å². The Bertz CT molecular complexity index is 382. The summed E-state index contributed by atoms with van der Waals surface area (Å²) >= 11 is 0. The van der Waals surface area contributed by atoms with E-state index in [9.17, 15) is 8.78 Å². The fourth-order valence-electron chi connectivity index (χ4n) is 1.26. The van der Waals surface area contributed by atoms with Crippen molar-refractivity contribution < 1.29 is 8.78 Å². The van der Waals surface area contributed by atoms with Crippen molar-refractivity contribution >= 4 is 0 Å². The maximum atomic E-state index is 12.6. The van der Waals surface area contributed by atoms with Crippen molar-refractivity contribution in [2.45, 2.75) is 19.9 Å². The van der Waals surface area contributed by atoms with Crippen LogP contribution in [0.15, 0.2) is 6.20 Å². The topological polar surface area (TPSA) is 62.7 Å². The molecule has 1 aromatic rings. The van der Waals surface area contributed by atoms with Gasteiger partial charge in [-0.05, 0) is 12.5 Å². The molecule has 14 heavy (non-hydrogen) atoms. The molecule has 0 saturated heterocycles. The van der Waals surface area contributed by atoms with Crippen LogP contribution in [-0.2, 0) is 6.54 Å². The summed E-state index contributed by atoms with van der Waals surface area (Å²) in [6, 6.07) is 1.68. The van der Waals surface area contributed by atoms with Crippen LogP contribution < -0.4 is 5.73 Å². The van der Waals surface area contributed by atoms with E-state index in [-0.39, 0.29) is 23.2 Å². The Balaban J connectivity index is 3.46. The lowest BCUT2D eigenvalue weighted by Crippen LogP contribution is -2.08. The normalized spacial score (nSPS) is 10.3. The van der Waals surface area contributed by atoms with Crippen LogP contribution in [0.2, 0.25) is 0 Å². The highest BCUT2D eigenvalue weighted by Gasteiger charge is 2.19. The van der Waals surface area contributed by atoms with Gasteiger partial charge in [0, 0.05) is 24.0 Å². The van der Waals surface area contributed by atoms with E-state index in [1.54, 1.807) is 13.0 Å². The Labute approximate surface area is 80.2 Å². The summed E-state index contributed by atoms with van der Waals surface area (Å²) in [5.74, 6) is 0. The zero-order valence-electron chi connectivity index (χ0n) is 7.59. The van der Waals surface area contributed by atoms with Crippen LogP contribution in [0.3, 0.4) is 0 Å². The lowest BCUT2D eigenvalue weighted by Gasteiger charge is -2.10. The second-order valence-electron chi connectivity index (χ2n) is 2.77. The molecule has 2 N–H and O–H groups in total. The summed E-state index contributed by atoms with van der Waals surface area (Å²) in [5.41, 5.74) is 5.64. The first-order chi connectivity index (χ1) is 6.61. The summed E-state index contributed by atoms with van der Waals surface area (Å²) in [7, 11) is 0. The Kier molecular flexibility index (Phi) is 3.10. The van der Waals surface area contributed by atoms with Gasteiger partial charge in [0.05, 0.1) is 5.56 Å². The molecule has 0 aliphatic heterocycles. The van der Waals surface area contributed by atoms with Crippen LogP contribution in [0.1, 0.15) is 28.8 Å². The highest BCUT2D eigenvalue weighted by molar-refractivity contribution is 5.43. The largest absolute Gasteiger partial charge is 0.326 e. The van der Waals surface area contributed by atoms with Crippen molar-refractivity contribution in [3.8, 4) is 6.07 Å². The van der Waals surface area contributed by atoms with Crippen LogP contribution in [0, 0.1) is 18.3 Å². The molecule has 1 aromatic heterocycles. The van der Waals surface area contributed by atoms with Crippen molar-refractivity contribution in [2.75, 3.05) is 0 Å². The van der Waals surface area contributed by atoms with Crippen molar-refractivity contribution in [3.05, 3.63) is 28.6 Å². The van der Waals surface area contributed by atoms with E-state index >= 15 is 0 Å². The van der Waals surface area contributed by atoms with Crippen LogP contribution in [0.25, 0.3) is 0 Å². The summed E-state index contributed by atoms with van der Waals surface area (Å²) in [6.07, 6.45) is -1.54. The zero-order valence-corrected chi connectivity index (χ0v) is 7.59. The minimum Gasteiger partial charge on any atom is -0.326 e. The average molecular weight is 197 g/mol. The smallest absolute Gasteiger partial charge is 0.265 e. The number of aromatic nitrogens is 1. The van der Waals surface area contributed by atoms with Gasteiger partial charge in [-0.15, -0.1) is 0 Å². The van der Waals surface area contributed by atoms with Gasteiger partial charge in [-0.3, -0.25) is 4.98 Å². The SMILES string of the molecule is Cc1ncc(C#N)c(C(F)F)c1CN. The number of pyridine rings is 1. The summed E-state index contributed by atoms with van der Waals surface area (Å²) in [4.78, 5) is 3.83. The lowest BCUT2D eigenvalue weighted by molar-refractivity contribution is 0.149. The predicted octanol–water partition coefficient (Wildman–Crippen LogP) is 1.66. The lowest BCUT2D eigenvalue weighted by atomic mass is 10.0. The first-order valence-corrected chi connectivity index (χ1v) is 3.98. The van der Waals surface area contributed by atoms with Gasteiger partial charge < -0.3 is 5.73 Å². The number of rotatable bonds is 2. The molecule has 0 aromatic carbocycles. The zero-order chi connectivity index (χ0) is 10.7. The average Bonchev–Trinajstić information content (AvgIpc) is 2.17. The fraction of sp³-hybridized carbons (Fsp3) is 0.333. The highest BCUT2D eigenvalue weighted by Crippen LogP contribution is 2.27. The second-order valence-corrected chi connectivity index (χ2v) is 2.77. The molecule has 0 amide bonds. The molecule has 0 saturated carbocycles. The number of alkyl halides is 2. The molecule has 0 spiro atoms. The number of hydrogen-bond donors (Lipinski definition) is 1. The third-order valence-corrected chi connectivity index (χ3v) is 1.98. The first-order valence-electron chi connectivity index (χ1n) is 3.98. The third-order valence-electron chi connectivity index (χ3n) is 1.98. The van der Waals surface area contributed by atoms with Crippen molar-refractivity contribution in [1.29, 1.82) is 5.26 Å². The Morgan fingerprint density at radius 2 is 2.29 bits per heavy atom. The molecular weight excluding hydrogens is 188 g/mol. The van der Waals surface area contributed by atoms with Crippen molar-refractivity contribution in [3.63, 3.8) is 0 Å². The van der Waals surface area contributed by atoms with Gasteiger partial charge in [0.25, 0.3) is 6.43 Å². The number of aryl methyl sites for hydroxylation is 1. The molecule has 5 heteroatoms. The minimum absolute atomic E-state index is 0.0337. The maximum Gasteiger partial charge on any atom is 0.265 e. The number of nitrogens with two attached hydrogens (primary N) is 1. The molecule has 0 aliphatic carbocycles. The van der Waals surface area contributed by atoms with E-state index in [0.29, 0.717) is 5.69 Å². The van der Waals surface area contributed by atoms with Gasteiger partial charge in [0.2, 0.25) is 0 Å².